The van der Waals surface area contributed by atoms with E-state index >= 15 is 0 Å². The molecule has 2 N–H and O–H groups in total. The Labute approximate surface area is 107 Å². The summed E-state index contributed by atoms with van der Waals surface area (Å²) in [5.74, 6) is -0.807. The number of aliphatic carboxylic acids is 1. The SMILES string of the molecule is CC(=O)NC(C)Cc1ccc(CCC(=O)O)cc1. The van der Waals surface area contributed by atoms with E-state index in [-0.39, 0.29) is 18.4 Å². The fraction of sp³-hybridized carbons (Fsp3) is 0.429. The summed E-state index contributed by atoms with van der Waals surface area (Å²) >= 11 is 0. The molecule has 1 unspecified atom stereocenters. The van der Waals surface area contributed by atoms with E-state index in [1.54, 1.807) is 0 Å². The molecule has 4 heteroatoms. The Morgan fingerprint density at radius 3 is 2.28 bits per heavy atom. The molecule has 1 amide bonds. The number of amides is 1. The van der Waals surface area contributed by atoms with Crippen molar-refractivity contribution in [1.82, 2.24) is 5.32 Å². The fourth-order valence-corrected chi connectivity index (χ4v) is 1.84. The molecule has 0 saturated heterocycles. The number of carbonyl (C=O) groups is 2. The first-order valence-electron chi connectivity index (χ1n) is 6.04. The van der Waals surface area contributed by atoms with Gasteiger partial charge in [-0.2, -0.15) is 0 Å². The molecule has 4 nitrogen and oxygen atoms in total. The van der Waals surface area contributed by atoms with Crippen LogP contribution in [0, 0.1) is 0 Å². The molecule has 0 heterocycles. The van der Waals surface area contributed by atoms with Gasteiger partial charge in [0.1, 0.15) is 0 Å². The summed E-state index contributed by atoms with van der Waals surface area (Å²) in [6, 6.07) is 7.95. The third-order valence-electron chi connectivity index (χ3n) is 2.64. The van der Waals surface area contributed by atoms with Crippen molar-refractivity contribution in [2.45, 2.75) is 39.2 Å². The zero-order chi connectivity index (χ0) is 13.5. The zero-order valence-electron chi connectivity index (χ0n) is 10.8. The van der Waals surface area contributed by atoms with Gasteiger partial charge >= 0.3 is 5.97 Å². The van der Waals surface area contributed by atoms with Crippen LogP contribution in [0.1, 0.15) is 31.4 Å². The van der Waals surface area contributed by atoms with Crippen molar-refractivity contribution in [3.8, 4) is 0 Å². The summed E-state index contributed by atoms with van der Waals surface area (Å²) in [7, 11) is 0. The summed E-state index contributed by atoms with van der Waals surface area (Å²) in [5.41, 5.74) is 2.16. The molecule has 1 atom stereocenters. The van der Waals surface area contributed by atoms with Crippen molar-refractivity contribution in [1.29, 1.82) is 0 Å². The number of aryl methyl sites for hydroxylation is 1. The van der Waals surface area contributed by atoms with Gasteiger partial charge in [0.2, 0.25) is 5.91 Å². The van der Waals surface area contributed by atoms with Gasteiger partial charge in [-0.05, 0) is 30.9 Å². The molecule has 1 rings (SSSR count). The highest BCUT2D eigenvalue weighted by atomic mass is 16.4. The van der Waals surface area contributed by atoms with Crippen molar-refractivity contribution in [2.75, 3.05) is 0 Å². The molecule has 98 valence electrons. The van der Waals surface area contributed by atoms with Gasteiger partial charge in [0.15, 0.2) is 0 Å². The summed E-state index contributed by atoms with van der Waals surface area (Å²) in [6.45, 7) is 3.46. The zero-order valence-corrected chi connectivity index (χ0v) is 10.8. The number of hydrogen-bond donors (Lipinski definition) is 2. The Morgan fingerprint density at radius 1 is 1.22 bits per heavy atom. The number of carbonyl (C=O) groups excluding carboxylic acids is 1. The Kier molecular flexibility index (Phi) is 5.36. The first-order chi connectivity index (χ1) is 8.47. The fourth-order valence-electron chi connectivity index (χ4n) is 1.84. The van der Waals surface area contributed by atoms with Crippen LogP contribution in [-0.4, -0.2) is 23.0 Å². The van der Waals surface area contributed by atoms with Gasteiger partial charge in [0, 0.05) is 19.4 Å². The monoisotopic (exact) mass is 249 g/mol. The molecular weight excluding hydrogens is 230 g/mol. The van der Waals surface area contributed by atoms with E-state index in [9.17, 15) is 9.59 Å². The minimum absolute atomic E-state index is 0.0272. The Hall–Kier alpha value is -1.84. The summed E-state index contributed by atoms with van der Waals surface area (Å²) in [5, 5.41) is 11.4. The number of benzene rings is 1. The molecule has 0 aliphatic heterocycles. The Balaban J connectivity index is 2.49. The lowest BCUT2D eigenvalue weighted by Gasteiger charge is -2.12. The van der Waals surface area contributed by atoms with Crippen LogP contribution in [0.15, 0.2) is 24.3 Å². The quantitative estimate of drug-likeness (QED) is 0.807. The number of carboxylic acids is 1. The maximum atomic E-state index is 10.9. The second kappa shape index (κ2) is 6.79. The molecule has 0 fully saturated rings. The minimum Gasteiger partial charge on any atom is -0.481 e. The minimum atomic E-state index is -0.779. The predicted molar refractivity (Wildman–Crippen MR) is 69.4 cm³/mol. The molecule has 0 spiro atoms. The molecule has 0 aliphatic carbocycles. The van der Waals surface area contributed by atoms with E-state index in [2.05, 4.69) is 5.32 Å². The predicted octanol–water partition coefficient (Wildman–Crippen LogP) is 1.77. The first-order valence-corrected chi connectivity index (χ1v) is 6.04. The standard InChI is InChI=1S/C14H19NO3/c1-10(15-11(2)16)9-13-5-3-12(4-6-13)7-8-14(17)18/h3-6,10H,7-9H2,1-2H3,(H,15,16)(H,17,18). The van der Waals surface area contributed by atoms with Crippen LogP contribution in [0.2, 0.25) is 0 Å². The van der Waals surface area contributed by atoms with Crippen LogP contribution in [0.4, 0.5) is 0 Å². The molecule has 1 aromatic rings. The first kappa shape index (κ1) is 14.2. The van der Waals surface area contributed by atoms with Crippen LogP contribution < -0.4 is 5.32 Å². The number of nitrogens with one attached hydrogen (secondary N) is 1. The molecule has 18 heavy (non-hydrogen) atoms. The van der Waals surface area contributed by atoms with Crippen molar-refractivity contribution in [3.05, 3.63) is 35.4 Å². The van der Waals surface area contributed by atoms with E-state index < -0.39 is 5.97 Å². The molecular formula is C14H19NO3. The normalized spacial score (nSPS) is 11.9. The smallest absolute Gasteiger partial charge is 0.303 e. The van der Waals surface area contributed by atoms with Crippen LogP contribution in [0.3, 0.4) is 0 Å². The third-order valence-corrected chi connectivity index (χ3v) is 2.64. The average molecular weight is 249 g/mol. The van der Waals surface area contributed by atoms with Gasteiger partial charge in [-0.15, -0.1) is 0 Å². The molecule has 0 aliphatic rings. The van der Waals surface area contributed by atoms with Crippen LogP contribution >= 0.6 is 0 Å². The Bertz CT molecular complexity index is 412. The van der Waals surface area contributed by atoms with E-state index in [1.807, 2.05) is 31.2 Å². The number of hydrogen-bond acceptors (Lipinski definition) is 2. The highest BCUT2D eigenvalue weighted by Gasteiger charge is 2.05. The van der Waals surface area contributed by atoms with E-state index in [0.717, 1.165) is 17.5 Å². The molecule has 0 radical (unpaired) electrons. The van der Waals surface area contributed by atoms with Crippen molar-refractivity contribution < 1.29 is 14.7 Å². The van der Waals surface area contributed by atoms with Gasteiger partial charge in [-0.3, -0.25) is 9.59 Å². The summed E-state index contributed by atoms with van der Waals surface area (Å²) < 4.78 is 0. The maximum absolute atomic E-state index is 10.9. The lowest BCUT2D eigenvalue weighted by molar-refractivity contribution is -0.137. The molecule has 0 bridgehead atoms. The van der Waals surface area contributed by atoms with Gasteiger partial charge < -0.3 is 10.4 Å². The van der Waals surface area contributed by atoms with Gasteiger partial charge in [0.25, 0.3) is 0 Å². The second-order valence-electron chi connectivity index (χ2n) is 4.52. The molecule has 0 aromatic heterocycles. The average Bonchev–Trinajstić information content (AvgIpc) is 2.26. The van der Waals surface area contributed by atoms with Crippen molar-refractivity contribution in [3.63, 3.8) is 0 Å². The maximum Gasteiger partial charge on any atom is 0.303 e. The van der Waals surface area contributed by atoms with Crippen LogP contribution in [0.25, 0.3) is 0 Å². The highest BCUT2D eigenvalue weighted by molar-refractivity contribution is 5.73. The van der Waals surface area contributed by atoms with Gasteiger partial charge in [-0.1, -0.05) is 24.3 Å². The van der Waals surface area contributed by atoms with Crippen molar-refractivity contribution >= 4 is 11.9 Å². The summed E-state index contributed by atoms with van der Waals surface area (Å²) in [4.78, 5) is 21.3. The lowest BCUT2D eigenvalue weighted by Crippen LogP contribution is -2.31. The second-order valence-corrected chi connectivity index (χ2v) is 4.52. The van der Waals surface area contributed by atoms with E-state index in [0.29, 0.717) is 6.42 Å². The van der Waals surface area contributed by atoms with E-state index in [1.165, 1.54) is 6.92 Å². The van der Waals surface area contributed by atoms with Crippen LogP contribution in [-0.2, 0) is 22.4 Å². The van der Waals surface area contributed by atoms with Crippen LogP contribution in [0.5, 0.6) is 0 Å². The van der Waals surface area contributed by atoms with Crippen molar-refractivity contribution in [2.24, 2.45) is 0 Å². The van der Waals surface area contributed by atoms with Gasteiger partial charge in [-0.25, -0.2) is 0 Å². The molecule has 1 aromatic carbocycles. The Morgan fingerprint density at radius 2 is 1.78 bits per heavy atom. The summed E-state index contributed by atoms with van der Waals surface area (Å²) in [6.07, 6.45) is 1.48. The largest absolute Gasteiger partial charge is 0.481 e. The number of rotatable bonds is 6. The topological polar surface area (TPSA) is 66.4 Å². The lowest BCUT2D eigenvalue weighted by atomic mass is 10.0. The highest BCUT2D eigenvalue weighted by Crippen LogP contribution is 2.09. The molecule has 0 saturated carbocycles. The third kappa shape index (κ3) is 5.48. The van der Waals surface area contributed by atoms with E-state index in [4.69, 9.17) is 5.11 Å². The number of carboxylic acid groups (broad SMARTS) is 1. The van der Waals surface area contributed by atoms with Gasteiger partial charge in [0.05, 0.1) is 0 Å².